The average Bonchev–Trinajstić information content (AvgIpc) is 3.42. The zero-order chi connectivity index (χ0) is 22.0. The molecule has 2 amide bonds. The second-order valence-electron chi connectivity index (χ2n) is 7.89. The van der Waals surface area contributed by atoms with Gasteiger partial charge in [-0.3, -0.25) is 19.3 Å². The van der Waals surface area contributed by atoms with E-state index in [0.29, 0.717) is 30.2 Å². The minimum Gasteiger partial charge on any atom is -0.352 e. The smallest absolute Gasteiger partial charge is 0.276 e. The number of pyridine rings is 1. The number of fused-ring (bicyclic) bond motifs is 1. The van der Waals surface area contributed by atoms with Crippen molar-refractivity contribution in [2.45, 2.75) is 39.2 Å². The van der Waals surface area contributed by atoms with Gasteiger partial charge in [-0.2, -0.15) is 5.10 Å². The van der Waals surface area contributed by atoms with Crippen molar-refractivity contribution in [3.05, 3.63) is 71.6 Å². The van der Waals surface area contributed by atoms with Crippen LogP contribution in [0.5, 0.6) is 0 Å². The van der Waals surface area contributed by atoms with Crippen LogP contribution in [0.3, 0.4) is 0 Å². The lowest BCUT2D eigenvalue weighted by Gasteiger charge is -2.17. The number of aromatic nitrogens is 4. The standard InChI is InChI=1S/C23H26N6O2/c1-4-10-25-22(30)16-8-9-20-17(12-16)18(21-26-14-29(27-21)15(2)3)13-28(20)23(31)19-7-5-6-11-24-19/h5-9,11-12,14-15,18H,4,10,13H2,1-3H3,(H,25,30). The summed E-state index contributed by atoms with van der Waals surface area (Å²) in [5.41, 5.74) is 2.57. The topological polar surface area (TPSA) is 93.0 Å². The second kappa shape index (κ2) is 8.67. The maximum Gasteiger partial charge on any atom is 0.276 e. The molecule has 8 heteroatoms. The summed E-state index contributed by atoms with van der Waals surface area (Å²) < 4.78 is 1.80. The molecule has 0 radical (unpaired) electrons. The minimum absolute atomic E-state index is 0.126. The monoisotopic (exact) mass is 418 g/mol. The molecule has 0 fully saturated rings. The molecular weight excluding hydrogens is 392 g/mol. The predicted molar refractivity (Wildman–Crippen MR) is 117 cm³/mol. The lowest BCUT2D eigenvalue weighted by Crippen LogP contribution is -2.30. The third-order valence-corrected chi connectivity index (χ3v) is 5.35. The van der Waals surface area contributed by atoms with Gasteiger partial charge in [0.1, 0.15) is 12.0 Å². The Morgan fingerprint density at radius 3 is 2.71 bits per heavy atom. The van der Waals surface area contributed by atoms with Crippen LogP contribution in [0.1, 0.15) is 71.4 Å². The first-order valence-electron chi connectivity index (χ1n) is 10.6. The molecular formula is C23H26N6O2. The third kappa shape index (κ3) is 4.05. The number of anilines is 1. The lowest BCUT2D eigenvalue weighted by molar-refractivity contribution is 0.0952. The highest BCUT2D eigenvalue weighted by atomic mass is 16.2. The van der Waals surface area contributed by atoms with Crippen LogP contribution in [0.25, 0.3) is 0 Å². The fourth-order valence-corrected chi connectivity index (χ4v) is 3.68. The van der Waals surface area contributed by atoms with Crippen LogP contribution in [0.4, 0.5) is 5.69 Å². The van der Waals surface area contributed by atoms with E-state index in [-0.39, 0.29) is 23.8 Å². The normalized spacial score (nSPS) is 15.2. The van der Waals surface area contributed by atoms with Crippen LogP contribution in [0.2, 0.25) is 0 Å². The predicted octanol–water partition coefficient (Wildman–Crippen LogP) is 3.19. The highest BCUT2D eigenvalue weighted by Crippen LogP contribution is 2.40. The van der Waals surface area contributed by atoms with Crippen molar-refractivity contribution in [2.75, 3.05) is 18.0 Å². The maximum atomic E-state index is 13.2. The van der Waals surface area contributed by atoms with E-state index in [4.69, 9.17) is 0 Å². The van der Waals surface area contributed by atoms with Crippen LogP contribution in [0, 0.1) is 0 Å². The molecule has 3 heterocycles. The highest BCUT2D eigenvalue weighted by molar-refractivity contribution is 6.07. The first kappa shape index (κ1) is 20.7. The van der Waals surface area contributed by atoms with Gasteiger partial charge >= 0.3 is 0 Å². The van der Waals surface area contributed by atoms with E-state index < -0.39 is 0 Å². The van der Waals surface area contributed by atoms with E-state index in [2.05, 4.69) is 20.4 Å². The maximum absolute atomic E-state index is 13.2. The van der Waals surface area contributed by atoms with Gasteiger partial charge in [-0.25, -0.2) is 4.98 Å². The Balaban J connectivity index is 1.73. The molecule has 0 saturated carbocycles. The molecule has 1 N–H and O–H groups in total. The molecule has 8 nitrogen and oxygen atoms in total. The van der Waals surface area contributed by atoms with Crippen molar-refractivity contribution in [1.29, 1.82) is 0 Å². The molecule has 0 spiro atoms. The van der Waals surface area contributed by atoms with Gasteiger partial charge < -0.3 is 10.2 Å². The number of hydrogen-bond donors (Lipinski definition) is 1. The van der Waals surface area contributed by atoms with Gasteiger partial charge in [0.2, 0.25) is 0 Å². The quantitative estimate of drug-likeness (QED) is 0.664. The Labute approximate surface area is 181 Å². The number of benzene rings is 1. The number of nitrogens with one attached hydrogen (secondary N) is 1. The van der Waals surface area contributed by atoms with Gasteiger partial charge in [-0.05, 0) is 56.2 Å². The summed E-state index contributed by atoms with van der Waals surface area (Å²) in [6.07, 6.45) is 4.18. The molecule has 3 aromatic rings. The van der Waals surface area contributed by atoms with Crippen molar-refractivity contribution >= 4 is 17.5 Å². The molecule has 1 unspecified atom stereocenters. The summed E-state index contributed by atoms with van der Waals surface area (Å²) >= 11 is 0. The number of nitrogens with zero attached hydrogens (tertiary/aromatic N) is 5. The van der Waals surface area contributed by atoms with E-state index in [1.807, 2.05) is 32.9 Å². The van der Waals surface area contributed by atoms with Crippen LogP contribution < -0.4 is 10.2 Å². The van der Waals surface area contributed by atoms with Gasteiger partial charge in [0.25, 0.3) is 11.8 Å². The van der Waals surface area contributed by atoms with Gasteiger partial charge in [0.15, 0.2) is 5.82 Å². The van der Waals surface area contributed by atoms with E-state index in [1.54, 1.807) is 46.4 Å². The lowest BCUT2D eigenvalue weighted by atomic mass is 9.98. The first-order valence-corrected chi connectivity index (χ1v) is 10.6. The van der Waals surface area contributed by atoms with E-state index >= 15 is 0 Å². The van der Waals surface area contributed by atoms with Crippen molar-refractivity contribution < 1.29 is 9.59 Å². The van der Waals surface area contributed by atoms with Crippen LogP contribution >= 0.6 is 0 Å². The summed E-state index contributed by atoms with van der Waals surface area (Å²) in [7, 11) is 0. The third-order valence-electron chi connectivity index (χ3n) is 5.35. The summed E-state index contributed by atoms with van der Waals surface area (Å²) in [5.74, 6) is 0.105. The van der Waals surface area contributed by atoms with Crippen molar-refractivity contribution in [3.63, 3.8) is 0 Å². The van der Waals surface area contributed by atoms with Gasteiger partial charge in [0, 0.05) is 36.6 Å². The number of carbonyl (C=O) groups is 2. The number of carbonyl (C=O) groups excluding carboxylic acids is 2. The summed E-state index contributed by atoms with van der Waals surface area (Å²) in [4.78, 5) is 36.2. The zero-order valence-electron chi connectivity index (χ0n) is 17.9. The van der Waals surface area contributed by atoms with E-state index in [9.17, 15) is 9.59 Å². The Hall–Kier alpha value is -3.55. The summed E-state index contributed by atoms with van der Waals surface area (Å²) in [6, 6.07) is 10.9. The van der Waals surface area contributed by atoms with Crippen molar-refractivity contribution in [1.82, 2.24) is 25.1 Å². The zero-order valence-corrected chi connectivity index (χ0v) is 17.9. The molecule has 0 saturated heterocycles. The number of hydrogen-bond acceptors (Lipinski definition) is 5. The molecule has 1 aliphatic rings. The van der Waals surface area contributed by atoms with E-state index in [0.717, 1.165) is 17.7 Å². The highest BCUT2D eigenvalue weighted by Gasteiger charge is 2.36. The molecule has 31 heavy (non-hydrogen) atoms. The van der Waals surface area contributed by atoms with Crippen LogP contribution in [-0.2, 0) is 0 Å². The molecule has 1 atom stereocenters. The summed E-state index contributed by atoms with van der Waals surface area (Å²) in [5, 5.41) is 7.54. The van der Waals surface area contributed by atoms with Crippen LogP contribution in [0.15, 0.2) is 48.9 Å². The van der Waals surface area contributed by atoms with Crippen molar-refractivity contribution in [2.24, 2.45) is 0 Å². The number of amides is 2. The summed E-state index contributed by atoms with van der Waals surface area (Å²) in [6.45, 7) is 7.09. The molecule has 0 bridgehead atoms. The molecule has 0 aliphatic carbocycles. The SMILES string of the molecule is CCCNC(=O)c1ccc2c(c1)C(c1ncn(C(C)C)n1)CN2C(=O)c1ccccn1. The Morgan fingerprint density at radius 2 is 2.03 bits per heavy atom. The second-order valence-corrected chi connectivity index (χ2v) is 7.89. The molecule has 1 aromatic carbocycles. The average molecular weight is 419 g/mol. The fourth-order valence-electron chi connectivity index (χ4n) is 3.68. The largest absolute Gasteiger partial charge is 0.352 e. The van der Waals surface area contributed by atoms with Gasteiger partial charge in [-0.1, -0.05) is 13.0 Å². The Morgan fingerprint density at radius 1 is 1.19 bits per heavy atom. The van der Waals surface area contributed by atoms with Gasteiger partial charge in [0.05, 0.1) is 5.92 Å². The first-order chi connectivity index (χ1) is 15.0. The van der Waals surface area contributed by atoms with Crippen LogP contribution in [-0.4, -0.2) is 44.7 Å². The molecule has 4 rings (SSSR count). The van der Waals surface area contributed by atoms with Crippen molar-refractivity contribution in [3.8, 4) is 0 Å². The molecule has 1 aliphatic heterocycles. The molecule has 160 valence electrons. The van der Waals surface area contributed by atoms with Gasteiger partial charge in [-0.15, -0.1) is 0 Å². The fraction of sp³-hybridized carbons (Fsp3) is 0.348. The molecule has 2 aromatic heterocycles. The Bertz CT molecular complexity index is 1090. The Kier molecular flexibility index (Phi) is 5.79. The minimum atomic E-state index is -0.221. The number of rotatable bonds is 6. The van der Waals surface area contributed by atoms with E-state index in [1.165, 1.54) is 0 Å².